The van der Waals surface area contributed by atoms with Crippen molar-refractivity contribution in [2.45, 2.75) is 85.1 Å². The summed E-state index contributed by atoms with van der Waals surface area (Å²) in [6.45, 7) is 16.1. The molecule has 0 fully saturated rings. The van der Waals surface area contributed by atoms with Gasteiger partial charge < -0.3 is 17.1 Å². The number of hydrogen-bond acceptors (Lipinski definition) is 2. The van der Waals surface area contributed by atoms with E-state index in [1.807, 2.05) is 6.08 Å². The second kappa shape index (κ2) is 17.7. The number of unbranched alkanes of at least 4 members (excludes halogenated alkanes) is 6. The summed E-state index contributed by atoms with van der Waals surface area (Å²) in [7, 11) is 0. The zero-order valence-corrected chi connectivity index (χ0v) is 19.4. The molecule has 0 aromatic heterocycles. The van der Waals surface area contributed by atoms with Gasteiger partial charge >= 0.3 is 0 Å². The molecule has 0 N–H and O–H groups in total. The molecule has 0 aliphatic rings. The maximum atomic E-state index is 7.13. The molecule has 0 bridgehead atoms. The third-order valence-corrected chi connectivity index (χ3v) is 5.44. The van der Waals surface area contributed by atoms with Crippen molar-refractivity contribution in [3.05, 3.63) is 42.0 Å². The predicted molar refractivity (Wildman–Crippen MR) is 127 cm³/mol. The first-order chi connectivity index (χ1) is 13.6. The van der Waals surface area contributed by atoms with Crippen LogP contribution in [0, 0.1) is 10.7 Å². The molecule has 28 heavy (non-hydrogen) atoms. The van der Waals surface area contributed by atoms with E-state index < -0.39 is 0 Å². The van der Waals surface area contributed by atoms with Crippen LogP contribution in [0.1, 0.15) is 89.7 Å². The summed E-state index contributed by atoms with van der Waals surface area (Å²) >= 11 is 3.70. The number of rotatable bonds is 15. The molecule has 0 unspecified atom stereocenters. The van der Waals surface area contributed by atoms with Crippen molar-refractivity contribution in [3.63, 3.8) is 0 Å². The van der Waals surface area contributed by atoms with E-state index in [1.165, 1.54) is 105 Å². The molecule has 0 saturated heterocycles. The normalized spacial score (nSPS) is 10.6. The average Bonchev–Trinajstić information content (AvgIpc) is 2.70. The molecule has 0 heterocycles. The Morgan fingerprint density at radius 2 is 1.25 bits per heavy atom. The monoisotopic (exact) mass is 402 g/mol. The van der Waals surface area contributed by atoms with Crippen LogP contribution in [0.3, 0.4) is 0 Å². The van der Waals surface area contributed by atoms with Gasteiger partial charge in [-0.05, 0) is 44.1 Å². The van der Waals surface area contributed by atoms with Gasteiger partial charge in [-0.1, -0.05) is 82.4 Å². The van der Waals surface area contributed by atoms with Gasteiger partial charge in [0.1, 0.15) is 6.54 Å². The van der Waals surface area contributed by atoms with Crippen molar-refractivity contribution in [2.75, 3.05) is 19.6 Å². The molecule has 1 rings (SSSR count). The van der Waals surface area contributed by atoms with Gasteiger partial charge in [0.25, 0.3) is 0 Å². The van der Waals surface area contributed by atoms with Crippen LogP contribution in [0.25, 0.3) is 6.08 Å². The quantitative estimate of drug-likeness (QED) is 0.134. The van der Waals surface area contributed by atoms with Gasteiger partial charge in [-0.2, -0.15) is 0 Å². The third kappa shape index (κ3) is 12.2. The van der Waals surface area contributed by atoms with E-state index >= 15 is 0 Å². The maximum absolute atomic E-state index is 7.13. The summed E-state index contributed by atoms with van der Waals surface area (Å²) in [6.07, 6.45) is 14.1. The predicted octanol–water partition coefficient (Wildman–Crippen LogP) is 7.23. The Hall–Kier alpha value is -1.37. The van der Waals surface area contributed by atoms with Crippen molar-refractivity contribution in [2.24, 2.45) is 0 Å². The third-order valence-electron chi connectivity index (χ3n) is 5.44. The molecule has 2 nitrogen and oxygen atoms in total. The van der Waals surface area contributed by atoms with E-state index in [9.17, 15) is 0 Å². The fourth-order valence-electron chi connectivity index (χ4n) is 3.81. The Morgan fingerprint density at radius 3 is 1.57 bits per heavy atom. The van der Waals surface area contributed by atoms with Gasteiger partial charge in [0, 0.05) is 5.56 Å². The summed E-state index contributed by atoms with van der Waals surface area (Å²) in [4.78, 5) is 0. The number of thiocyanates is 1. The van der Waals surface area contributed by atoms with Crippen molar-refractivity contribution < 1.29 is 4.48 Å². The Morgan fingerprint density at radius 1 is 0.857 bits per heavy atom. The lowest BCUT2D eigenvalue weighted by atomic mass is 10.1. The van der Waals surface area contributed by atoms with Crippen LogP contribution in [-0.2, 0) is 19.2 Å². The molecule has 0 atom stereocenters. The van der Waals surface area contributed by atoms with Gasteiger partial charge in [-0.25, -0.2) is 5.26 Å². The van der Waals surface area contributed by atoms with E-state index in [2.05, 4.69) is 64.2 Å². The van der Waals surface area contributed by atoms with Crippen LogP contribution in [0.5, 0.6) is 0 Å². The average molecular weight is 403 g/mol. The molecule has 0 radical (unpaired) electrons. The van der Waals surface area contributed by atoms with Gasteiger partial charge in [-0.3, -0.25) is 0 Å². The Bertz CT molecular complexity index is 504. The molecule has 0 spiro atoms. The number of benzene rings is 1. The zero-order chi connectivity index (χ0) is 21.1. The highest BCUT2D eigenvalue weighted by Gasteiger charge is 2.26. The van der Waals surface area contributed by atoms with Crippen molar-refractivity contribution >= 4 is 18.7 Å². The Balaban J connectivity index is 0.00000227. The molecule has 158 valence electrons. The second-order valence-corrected chi connectivity index (χ2v) is 8.01. The SMILES string of the molecule is C=Cc1ccc(C[N+](CCCCC)(CCCCC)CCCCC)cc1.N#C[S-]. The molecular formula is C25H42N2S. The molecule has 0 saturated carbocycles. The van der Waals surface area contributed by atoms with Gasteiger partial charge in [0.05, 0.1) is 19.6 Å². The van der Waals surface area contributed by atoms with Crippen molar-refractivity contribution in [3.8, 4) is 5.40 Å². The lowest BCUT2D eigenvalue weighted by Crippen LogP contribution is -2.49. The Labute approximate surface area is 180 Å². The number of nitriles is 1. The van der Waals surface area contributed by atoms with E-state index in [4.69, 9.17) is 5.26 Å². The fourth-order valence-corrected chi connectivity index (χ4v) is 3.81. The van der Waals surface area contributed by atoms with Gasteiger partial charge in [0.15, 0.2) is 0 Å². The summed E-state index contributed by atoms with van der Waals surface area (Å²) in [5.41, 5.74) is 2.72. The van der Waals surface area contributed by atoms with Crippen molar-refractivity contribution in [1.82, 2.24) is 0 Å². The van der Waals surface area contributed by atoms with E-state index in [0.717, 1.165) is 0 Å². The summed E-state index contributed by atoms with van der Waals surface area (Å²) < 4.78 is 1.30. The topological polar surface area (TPSA) is 23.8 Å². The van der Waals surface area contributed by atoms with Crippen LogP contribution < -0.4 is 0 Å². The second-order valence-electron chi connectivity index (χ2n) is 7.83. The zero-order valence-electron chi connectivity index (χ0n) is 18.6. The summed E-state index contributed by atoms with van der Waals surface area (Å²) in [6, 6.07) is 9.09. The van der Waals surface area contributed by atoms with E-state index in [-0.39, 0.29) is 0 Å². The van der Waals surface area contributed by atoms with Crippen LogP contribution in [0.15, 0.2) is 30.8 Å². The highest BCUT2D eigenvalue weighted by atomic mass is 32.1. The summed E-state index contributed by atoms with van der Waals surface area (Å²) in [5.74, 6) is 0. The highest BCUT2D eigenvalue weighted by Crippen LogP contribution is 2.21. The van der Waals surface area contributed by atoms with Crippen LogP contribution in [0.4, 0.5) is 0 Å². The van der Waals surface area contributed by atoms with Crippen LogP contribution in [0.2, 0.25) is 0 Å². The van der Waals surface area contributed by atoms with Crippen LogP contribution in [-0.4, -0.2) is 24.1 Å². The smallest absolute Gasteiger partial charge is 0.104 e. The molecule has 0 amide bonds. The minimum Gasteiger partial charge on any atom is -0.696 e. The first-order valence-corrected chi connectivity index (χ1v) is 11.6. The fraction of sp³-hybridized carbons (Fsp3) is 0.640. The first kappa shape index (κ1) is 26.6. The van der Waals surface area contributed by atoms with Gasteiger partial charge in [0.2, 0.25) is 0 Å². The Kier molecular flexibility index (Phi) is 16.8. The van der Waals surface area contributed by atoms with E-state index in [1.54, 1.807) is 0 Å². The molecule has 1 aromatic carbocycles. The summed E-state index contributed by atoms with van der Waals surface area (Å²) in [5, 5.41) is 8.47. The number of hydrogen-bond donors (Lipinski definition) is 0. The minimum atomic E-state index is 1.20. The van der Waals surface area contributed by atoms with Gasteiger partial charge in [-0.15, -0.1) is 0 Å². The lowest BCUT2D eigenvalue weighted by molar-refractivity contribution is -0.941. The largest absolute Gasteiger partial charge is 0.696 e. The molecule has 0 aliphatic heterocycles. The number of nitrogens with zero attached hydrogens (tertiary/aromatic N) is 2. The molecule has 0 aliphatic carbocycles. The standard InChI is InChI=1S/C24H42N.CHNS/c1-5-9-12-19-25(20-13-10-6-2,21-14-11-7-3)22-24-17-15-23(8-4)16-18-24;2-1-3/h8,15-18H,4-7,9-14,19-22H2,1-3H3;3H/q+1;/p-1. The molecule has 1 aromatic rings. The first-order valence-electron chi connectivity index (χ1n) is 11.2. The minimum absolute atomic E-state index is 1.20. The maximum Gasteiger partial charge on any atom is 0.104 e. The lowest BCUT2D eigenvalue weighted by Gasteiger charge is -2.39. The highest BCUT2D eigenvalue weighted by molar-refractivity contribution is 7.64. The molecule has 3 heteroatoms. The number of quaternary nitrogens is 1. The van der Waals surface area contributed by atoms with Crippen LogP contribution >= 0.6 is 0 Å². The molecular weight excluding hydrogens is 360 g/mol. The van der Waals surface area contributed by atoms with Crippen molar-refractivity contribution in [1.29, 1.82) is 5.26 Å². The van der Waals surface area contributed by atoms with E-state index in [0.29, 0.717) is 0 Å².